The monoisotopic (exact) mass is 510 g/mol. The normalized spacial score (nSPS) is 11.3. The van der Waals surface area contributed by atoms with Crippen molar-refractivity contribution in [1.82, 2.24) is 0 Å². The molecule has 4 aromatic rings. The number of hydrogen-bond acceptors (Lipinski definition) is 6. The summed E-state index contributed by atoms with van der Waals surface area (Å²) in [5.41, 5.74) is 2.82. The lowest BCUT2D eigenvalue weighted by Crippen LogP contribution is -2.26. The maximum atomic E-state index is 13.2. The van der Waals surface area contributed by atoms with E-state index in [1.165, 1.54) is 28.8 Å². The van der Waals surface area contributed by atoms with Crippen LogP contribution in [0.4, 0.5) is 11.4 Å². The standard InChI is InChI=1S/C26H26N2O5S2/c1-16-6-9-23(33-5)21(12-16)27-26(29)25-15-18-14-19(7-11-24(18)34-25)28(3)35(30,31)20-8-10-22(32-4)17(2)13-20/h6-15H,1-5H3,(H,27,29). The molecule has 0 spiro atoms. The second kappa shape index (κ2) is 9.59. The Morgan fingerprint density at radius 3 is 2.31 bits per heavy atom. The largest absolute Gasteiger partial charge is 0.496 e. The van der Waals surface area contributed by atoms with Crippen molar-refractivity contribution < 1.29 is 22.7 Å². The van der Waals surface area contributed by atoms with Crippen LogP contribution >= 0.6 is 11.3 Å². The molecule has 1 N–H and O–H groups in total. The second-order valence-corrected chi connectivity index (χ2v) is 11.1. The van der Waals surface area contributed by atoms with Crippen LogP contribution in [0.1, 0.15) is 20.8 Å². The van der Waals surface area contributed by atoms with Crippen LogP contribution in [0.2, 0.25) is 0 Å². The molecule has 182 valence electrons. The fraction of sp³-hybridized carbons (Fsp3) is 0.192. The molecule has 35 heavy (non-hydrogen) atoms. The number of hydrogen-bond donors (Lipinski definition) is 1. The topological polar surface area (TPSA) is 84.9 Å². The van der Waals surface area contributed by atoms with E-state index in [9.17, 15) is 13.2 Å². The van der Waals surface area contributed by atoms with Gasteiger partial charge in [0.1, 0.15) is 11.5 Å². The highest BCUT2D eigenvalue weighted by Crippen LogP contribution is 2.33. The Labute approximate surface area is 209 Å². The van der Waals surface area contributed by atoms with E-state index in [-0.39, 0.29) is 10.8 Å². The number of sulfonamides is 1. The van der Waals surface area contributed by atoms with Crippen molar-refractivity contribution >= 4 is 48.7 Å². The number of thiophene rings is 1. The number of anilines is 2. The molecule has 0 aliphatic heterocycles. The van der Waals surface area contributed by atoms with Crippen molar-refractivity contribution in [3.63, 3.8) is 0 Å². The number of carbonyl (C=O) groups excluding carboxylic acids is 1. The minimum Gasteiger partial charge on any atom is -0.496 e. The van der Waals surface area contributed by atoms with E-state index < -0.39 is 10.0 Å². The van der Waals surface area contributed by atoms with Crippen molar-refractivity contribution in [1.29, 1.82) is 0 Å². The van der Waals surface area contributed by atoms with Crippen LogP contribution < -0.4 is 19.1 Å². The first kappa shape index (κ1) is 24.6. The summed E-state index contributed by atoms with van der Waals surface area (Å²) in [6.07, 6.45) is 0. The first-order chi connectivity index (χ1) is 16.6. The molecule has 7 nitrogen and oxygen atoms in total. The maximum absolute atomic E-state index is 13.2. The Bertz CT molecular complexity index is 1530. The molecular weight excluding hydrogens is 484 g/mol. The molecule has 4 rings (SSSR count). The smallest absolute Gasteiger partial charge is 0.265 e. The van der Waals surface area contributed by atoms with Gasteiger partial charge in [-0.25, -0.2) is 8.42 Å². The van der Waals surface area contributed by atoms with Crippen LogP contribution in [-0.4, -0.2) is 35.6 Å². The van der Waals surface area contributed by atoms with E-state index in [4.69, 9.17) is 9.47 Å². The Morgan fingerprint density at radius 1 is 0.914 bits per heavy atom. The molecule has 3 aromatic carbocycles. The number of carbonyl (C=O) groups is 1. The van der Waals surface area contributed by atoms with Crippen LogP contribution in [0.3, 0.4) is 0 Å². The molecular formula is C26H26N2O5S2. The van der Waals surface area contributed by atoms with Gasteiger partial charge in [0.15, 0.2) is 0 Å². The van der Waals surface area contributed by atoms with Crippen molar-refractivity contribution in [2.75, 3.05) is 30.9 Å². The number of nitrogens with one attached hydrogen (secondary N) is 1. The van der Waals surface area contributed by atoms with Gasteiger partial charge in [0, 0.05) is 11.7 Å². The molecule has 1 aromatic heterocycles. The number of methoxy groups -OCH3 is 2. The molecule has 0 aliphatic rings. The Morgan fingerprint density at radius 2 is 1.63 bits per heavy atom. The molecule has 0 fully saturated rings. The Balaban J connectivity index is 1.62. The van der Waals surface area contributed by atoms with Crippen molar-refractivity contribution in [3.05, 3.63) is 76.7 Å². The highest BCUT2D eigenvalue weighted by Gasteiger charge is 2.23. The van der Waals surface area contributed by atoms with Crippen molar-refractivity contribution in [3.8, 4) is 11.5 Å². The Kier molecular flexibility index (Phi) is 6.73. The second-order valence-electron chi connectivity index (χ2n) is 8.09. The van der Waals surface area contributed by atoms with Gasteiger partial charge in [-0.3, -0.25) is 9.10 Å². The molecule has 1 heterocycles. The number of fused-ring (bicyclic) bond motifs is 1. The lowest BCUT2D eigenvalue weighted by atomic mass is 10.2. The third kappa shape index (κ3) is 4.82. The number of amides is 1. The minimum absolute atomic E-state index is 0.177. The van der Waals surface area contributed by atoms with E-state index in [1.54, 1.807) is 51.5 Å². The van der Waals surface area contributed by atoms with Crippen molar-refractivity contribution in [2.45, 2.75) is 18.7 Å². The predicted molar refractivity (Wildman–Crippen MR) is 141 cm³/mol. The zero-order valence-corrected chi connectivity index (χ0v) is 21.7. The summed E-state index contributed by atoms with van der Waals surface area (Å²) in [6, 6.07) is 17.4. The van der Waals surface area contributed by atoms with Crippen LogP contribution in [-0.2, 0) is 10.0 Å². The average molecular weight is 511 g/mol. The summed E-state index contributed by atoms with van der Waals surface area (Å²) >= 11 is 1.34. The lowest BCUT2D eigenvalue weighted by Gasteiger charge is -2.20. The quantitative estimate of drug-likeness (QED) is 0.349. The summed E-state index contributed by atoms with van der Waals surface area (Å²) in [7, 11) is 0.833. The first-order valence-corrected chi connectivity index (χ1v) is 13.0. The highest BCUT2D eigenvalue weighted by molar-refractivity contribution is 7.92. The van der Waals surface area contributed by atoms with E-state index in [2.05, 4.69) is 5.32 Å². The number of ether oxygens (including phenoxy) is 2. The summed E-state index contributed by atoms with van der Waals surface area (Å²) in [4.78, 5) is 13.6. The van der Waals surface area contributed by atoms with Gasteiger partial charge in [0.2, 0.25) is 0 Å². The van der Waals surface area contributed by atoms with E-state index in [1.807, 2.05) is 31.2 Å². The van der Waals surface area contributed by atoms with E-state index in [0.717, 1.165) is 21.2 Å². The van der Waals surface area contributed by atoms with Crippen LogP contribution in [0.25, 0.3) is 10.1 Å². The fourth-order valence-corrected chi connectivity index (χ4v) is 5.96. The zero-order valence-electron chi connectivity index (χ0n) is 20.1. The molecule has 0 unspecified atom stereocenters. The summed E-state index contributed by atoms with van der Waals surface area (Å²) in [5, 5.41) is 3.69. The van der Waals surface area contributed by atoms with Gasteiger partial charge in [-0.05, 0) is 85.0 Å². The van der Waals surface area contributed by atoms with E-state index in [0.29, 0.717) is 27.8 Å². The molecule has 0 radical (unpaired) electrons. The van der Waals surface area contributed by atoms with Gasteiger partial charge in [-0.1, -0.05) is 6.07 Å². The van der Waals surface area contributed by atoms with Gasteiger partial charge < -0.3 is 14.8 Å². The van der Waals surface area contributed by atoms with Gasteiger partial charge in [0.05, 0.1) is 35.4 Å². The number of nitrogens with zero attached hydrogens (tertiary/aromatic N) is 1. The molecule has 9 heteroatoms. The average Bonchev–Trinajstić information content (AvgIpc) is 3.27. The number of rotatable bonds is 7. The Hall–Kier alpha value is -3.56. The molecule has 0 atom stereocenters. The summed E-state index contributed by atoms with van der Waals surface area (Å²) in [5.74, 6) is 0.944. The predicted octanol–water partition coefficient (Wildman–Crippen LogP) is 5.61. The van der Waals surface area contributed by atoms with Gasteiger partial charge in [-0.15, -0.1) is 11.3 Å². The van der Waals surface area contributed by atoms with Crippen LogP contribution in [0, 0.1) is 13.8 Å². The third-order valence-corrected chi connectivity index (χ3v) is 8.61. The first-order valence-electron chi connectivity index (χ1n) is 10.8. The van der Waals surface area contributed by atoms with Gasteiger partial charge in [-0.2, -0.15) is 0 Å². The zero-order chi connectivity index (χ0) is 25.3. The molecule has 0 bridgehead atoms. The van der Waals surface area contributed by atoms with Crippen LogP contribution in [0.5, 0.6) is 11.5 Å². The maximum Gasteiger partial charge on any atom is 0.265 e. The fourth-order valence-electron chi connectivity index (χ4n) is 3.75. The lowest BCUT2D eigenvalue weighted by molar-refractivity contribution is 0.103. The SMILES string of the molecule is COc1ccc(S(=O)(=O)N(C)c2ccc3sc(C(=O)Nc4cc(C)ccc4OC)cc3c2)cc1C. The van der Waals surface area contributed by atoms with Crippen LogP contribution in [0.15, 0.2) is 65.6 Å². The summed E-state index contributed by atoms with van der Waals surface area (Å²) in [6.45, 7) is 3.74. The van der Waals surface area contributed by atoms with Crippen molar-refractivity contribution in [2.24, 2.45) is 0 Å². The third-order valence-electron chi connectivity index (χ3n) is 5.72. The molecule has 1 amide bonds. The summed E-state index contributed by atoms with van der Waals surface area (Å²) < 4.78 is 39.2. The molecule has 0 saturated heterocycles. The number of benzene rings is 3. The minimum atomic E-state index is -3.78. The molecule has 0 aliphatic carbocycles. The highest BCUT2D eigenvalue weighted by atomic mass is 32.2. The van der Waals surface area contributed by atoms with Gasteiger partial charge in [0.25, 0.3) is 15.9 Å². The number of aryl methyl sites for hydroxylation is 2. The molecule has 0 saturated carbocycles. The van der Waals surface area contributed by atoms with E-state index >= 15 is 0 Å². The van der Waals surface area contributed by atoms with Gasteiger partial charge >= 0.3 is 0 Å².